The number of ether oxygens (including phenoxy) is 2. The molecule has 5 nitrogen and oxygen atoms in total. The Morgan fingerprint density at radius 1 is 1.52 bits per heavy atom. The maximum absolute atomic E-state index is 12.9. The molecule has 1 aliphatic heterocycles. The normalized spacial score (nSPS) is 21.3. The lowest BCUT2D eigenvalue weighted by Gasteiger charge is -2.31. The van der Waals surface area contributed by atoms with Gasteiger partial charge in [0.1, 0.15) is 6.61 Å². The van der Waals surface area contributed by atoms with Gasteiger partial charge in [-0.2, -0.15) is 0 Å². The van der Waals surface area contributed by atoms with Crippen molar-refractivity contribution in [3.05, 3.63) is 12.7 Å². The van der Waals surface area contributed by atoms with E-state index in [1.165, 1.54) is 4.90 Å². The van der Waals surface area contributed by atoms with E-state index in [0.717, 1.165) is 6.04 Å². The zero-order chi connectivity index (χ0) is 17.8. The topological polar surface area (TPSA) is 55.8 Å². The Morgan fingerprint density at radius 3 is 2.61 bits per heavy atom. The Balaban J connectivity index is 2.76. The second-order valence-electron chi connectivity index (χ2n) is 8.05. The Labute approximate surface area is 141 Å². The largest absolute Gasteiger partial charge is 0.447 e. The first kappa shape index (κ1) is 19.9. The van der Waals surface area contributed by atoms with Gasteiger partial charge in [-0.25, -0.2) is 9.69 Å². The molecule has 2 amide bonds. The summed E-state index contributed by atoms with van der Waals surface area (Å²) in [4.78, 5) is 26.1. The molecule has 23 heavy (non-hydrogen) atoms. The van der Waals surface area contributed by atoms with Gasteiger partial charge in [0, 0.05) is 14.7 Å². The summed E-state index contributed by atoms with van der Waals surface area (Å²) in [7, 11) is -1.17. The molecule has 0 bridgehead atoms. The van der Waals surface area contributed by atoms with Gasteiger partial charge in [0.25, 0.3) is 0 Å². The standard InChI is InChI=1S/C17H31NO4Si/c1-8-17(4,12-21-9-10-23(5,6)7)15(19)18-14(13(2)3)11-22-16(18)20/h8,13-14H,1,9-12H2,2-7H3/t14-,17?/m0/s1. The maximum atomic E-state index is 12.9. The summed E-state index contributed by atoms with van der Waals surface area (Å²) in [5.41, 5.74) is -0.921. The van der Waals surface area contributed by atoms with Crippen LogP contribution in [0.1, 0.15) is 20.8 Å². The monoisotopic (exact) mass is 341 g/mol. The van der Waals surface area contributed by atoms with Crippen molar-refractivity contribution in [1.82, 2.24) is 4.90 Å². The smallest absolute Gasteiger partial charge is 0.417 e. The molecule has 1 rings (SSSR count). The van der Waals surface area contributed by atoms with Crippen LogP contribution in [-0.4, -0.2) is 50.8 Å². The summed E-state index contributed by atoms with van der Waals surface area (Å²) < 4.78 is 10.8. The number of hydrogen-bond acceptors (Lipinski definition) is 4. The van der Waals surface area contributed by atoms with Gasteiger partial charge >= 0.3 is 6.09 Å². The van der Waals surface area contributed by atoms with Crippen molar-refractivity contribution in [2.45, 2.75) is 52.5 Å². The summed E-state index contributed by atoms with van der Waals surface area (Å²) in [6.45, 7) is 17.4. The van der Waals surface area contributed by atoms with Crippen molar-refractivity contribution in [1.29, 1.82) is 0 Å². The molecular weight excluding hydrogens is 310 g/mol. The lowest BCUT2D eigenvalue weighted by molar-refractivity contribution is -0.139. The third-order valence-corrected chi connectivity index (χ3v) is 5.94. The fourth-order valence-corrected chi connectivity index (χ4v) is 3.06. The van der Waals surface area contributed by atoms with Crippen LogP contribution in [0.15, 0.2) is 12.7 Å². The quantitative estimate of drug-likeness (QED) is 0.385. The Morgan fingerprint density at radius 2 is 2.13 bits per heavy atom. The van der Waals surface area contributed by atoms with Gasteiger partial charge in [0.05, 0.1) is 18.1 Å². The zero-order valence-corrected chi connectivity index (χ0v) is 16.3. The van der Waals surface area contributed by atoms with Crippen molar-refractivity contribution in [2.75, 3.05) is 19.8 Å². The van der Waals surface area contributed by atoms with Crippen LogP contribution in [0.25, 0.3) is 0 Å². The first-order valence-corrected chi connectivity index (χ1v) is 11.9. The maximum Gasteiger partial charge on any atom is 0.417 e. The SMILES string of the molecule is C=CC(C)(COCC[Si](C)(C)C)C(=O)N1C(=O)OC[C@H]1C(C)C. The lowest BCUT2D eigenvalue weighted by atomic mass is 9.89. The highest BCUT2D eigenvalue weighted by molar-refractivity contribution is 6.76. The molecule has 1 aliphatic rings. The molecule has 0 spiro atoms. The van der Waals surface area contributed by atoms with Gasteiger partial charge in [-0.3, -0.25) is 4.79 Å². The molecule has 0 aromatic heterocycles. The average molecular weight is 342 g/mol. The van der Waals surface area contributed by atoms with E-state index in [-0.39, 0.29) is 31.1 Å². The molecule has 1 fully saturated rings. The van der Waals surface area contributed by atoms with Gasteiger partial charge in [0.2, 0.25) is 5.91 Å². The lowest BCUT2D eigenvalue weighted by Crippen LogP contribution is -2.49. The van der Waals surface area contributed by atoms with Crippen LogP contribution in [0.4, 0.5) is 4.79 Å². The van der Waals surface area contributed by atoms with Crippen molar-refractivity contribution >= 4 is 20.1 Å². The third-order valence-electron chi connectivity index (χ3n) is 4.23. The van der Waals surface area contributed by atoms with Crippen molar-refractivity contribution in [3.63, 3.8) is 0 Å². The number of hydrogen-bond donors (Lipinski definition) is 0. The minimum Gasteiger partial charge on any atom is -0.447 e. The minimum atomic E-state index is -1.17. The molecule has 1 heterocycles. The van der Waals surface area contributed by atoms with Crippen LogP contribution < -0.4 is 0 Å². The van der Waals surface area contributed by atoms with Crippen LogP contribution >= 0.6 is 0 Å². The predicted octanol–water partition coefficient (Wildman–Crippen LogP) is 3.54. The van der Waals surface area contributed by atoms with E-state index < -0.39 is 19.6 Å². The molecule has 0 aromatic carbocycles. The summed E-state index contributed by atoms with van der Waals surface area (Å²) in [6, 6.07) is 0.811. The van der Waals surface area contributed by atoms with Gasteiger partial charge < -0.3 is 9.47 Å². The molecule has 0 saturated carbocycles. The van der Waals surface area contributed by atoms with E-state index in [1.54, 1.807) is 13.0 Å². The highest BCUT2D eigenvalue weighted by Gasteiger charge is 2.46. The Kier molecular flexibility index (Phi) is 6.59. The number of carbonyl (C=O) groups excluding carboxylic acids is 2. The summed E-state index contributed by atoms with van der Waals surface area (Å²) in [5.74, 6) is -0.144. The number of cyclic esters (lactones) is 1. The summed E-state index contributed by atoms with van der Waals surface area (Å²) in [6.07, 6.45) is 1.01. The molecule has 6 heteroatoms. The first-order chi connectivity index (χ1) is 10.5. The van der Waals surface area contributed by atoms with Crippen molar-refractivity contribution in [2.24, 2.45) is 11.3 Å². The highest BCUT2D eigenvalue weighted by Crippen LogP contribution is 2.29. The molecule has 2 atom stereocenters. The fourth-order valence-electron chi connectivity index (χ4n) is 2.31. The highest BCUT2D eigenvalue weighted by atomic mass is 28.3. The Bertz CT molecular complexity index is 458. The Hall–Kier alpha value is -1.14. The molecule has 1 saturated heterocycles. The number of rotatable bonds is 8. The molecule has 0 aromatic rings. The zero-order valence-electron chi connectivity index (χ0n) is 15.3. The fraction of sp³-hybridized carbons (Fsp3) is 0.765. The molecular formula is C17H31NO4Si. The van der Waals surface area contributed by atoms with Gasteiger partial charge in [0.15, 0.2) is 0 Å². The van der Waals surface area contributed by atoms with E-state index in [2.05, 4.69) is 26.2 Å². The van der Waals surface area contributed by atoms with Gasteiger partial charge in [-0.05, 0) is 18.9 Å². The third kappa shape index (κ3) is 5.17. The van der Waals surface area contributed by atoms with Gasteiger partial charge in [-0.1, -0.05) is 39.6 Å². The molecule has 0 aliphatic carbocycles. The second-order valence-corrected chi connectivity index (χ2v) is 13.7. The second kappa shape index (κ2) is 7.62. The average Bonchev–Trinajstić information content (AvgIpc) is 2.83. The number of imide groups is 1. The van der Waals surface area contributed by atoms with Crippen molar-refractivity contribution in [3.8, 4) is 0 Å². The number of amides is 2. The molecule has 1 unspecified atom stereocenters. The van der Waals surface area contributed by atoms with Crippen LogP contribution in [0.3, 0.4) is 0 Å². The molecule has 0 radical (unpaired) electrons. The first-order valence-electron chi connectivity index (χ1n) is 8.23. The van der Waals surface area contributed by atoms with E-state index in [0.29, 0.717) is 6.61 Å². The number of carbonyl (C=O) groups is 2. The van der Waals surface area contributed by atoms with Crippen molar-refractivity contribution < 1.29 is 19.1 Å². The van der Waals surface area contributed by atoms with E-state index in [1.807, 2.05) is 13.8 Å². The number of nitrogens with zero attached hydrogens (tertiary/aromatic N) is 1. The van der Waals surface area contributed by atoms with Crippen LogP contribution in [-0.2, 0) is 14.3 Å². The van der Waals surface area contributed by atoms with Crippen LogP contribution in [0.2, 0.25) is 25.7 Å². The molecule has 132 valence electrons. The van der Waals surface area contributed by atoms with E-state index in [4.69, 9.17) is 9.47 Å². The van der Waals surface area contributed by atoms with Crippen LogP contribution in [0, 0.1) is 11.3 Å². The predicted molar refractivity (Wildman–Crippen MR) is 94.1 cm³/mol. The minimum absolute atomic E-state index is 0.146. The van der Waals surface area contributed by atoms with Crippen LogP contribution in [0.5, 0.6) is 0 Å². The van der Waals surface area contributed by atoms with E-state index in [9.17, 15) is 9.59 Å². The van der Waals surface area contributed by atoms with Gasteiger partial charge in [-0.15, -0.1) is 6.58 Å². The summed E-state index contributed by atoms with van der Waals surface area (Å²) in [5, 5.41) is 0. The van der Waals surface area contributed by atoms with E-state index >= 15 is 0 Å². The molecule has 0 N–H and O–H groups in total. The summed E-state index contributed by atoms with van der Waals surface area (Å²) >= 11 is 0.